The number of anilines is 1. The fourth-order valence-electron chi connectivity index (χ4n) is 2.00. The first kappa shape index (κ1) is 12.2. The highest BCUT2D eigenvalue weighted by atomic mass is 79.9. The zero-order chi connectivity index (χ0) is 12.5. The molecule has 1 saturated carbocycles. The van der Waals surface area contributed by atoms with Gasteiger partial charge in [0, 0.05) is 21.2 Å². The highest BCUT2D eigenvalue weighted by Crippen LogP contribution is 2.36. The summed E-state index contributed by atoms with van der Waals surface area (Å²) in [4.78, 5) is 4.24. The van der Waals surface area contributed by atoms with E-state index in [2.05, 4.69) is 46.7 Å². The summed E-state index contributed by atoms with van der Waals surface area (Å²) in [5.74, 6) is 0. The minimum atomic E-state index is 0.673. The first-order valence-corrected chi connectivity index (χ1v) is 7.53. The molecule has 5 heteroatoms. The maximum absolute atomic E-state index is 4.24. The second-order valence-electron chi connectivity index (χ2n) is 4.47. The molecule has 0 unspecified atom stereocenters. The normalized spacial score (nSPS) is 14.8. The maximum atomic E-state index is 4.24. The van der Waals surface area contributed by atoms with Crippen molar-refractivity contribution in [1.82, 2.24) is 9.55 Å². The fraction of sp³-hybridized carbons (Fsp3) is 0.308. The third-order valence-corrected chi connectivity index (χ3v) is 4.42. The summed E-state index contributed by atoms with van der Waals surface area (Å²) in [5, 5.41) is 3.45. The van der Waals surface area contributed by atoms with Gasteiger partial charge in [-0.2, -0.15) is 0 Å². The summed E-state index contributed by atoms with van der Waals surface area (Å²) in [5.41, 5.74) is 2.32. The monoisotopic (exact) mass is 369 g/mol. The van der Waals surface area contributed by atoms with E-state index < -0.39 is 0 Å². The van der Waals surface area contributed by atoms with Gasteiger partial charge < -0.3 is 9.88 Å². The van der Waals surface area contributed by atoms with Crippen molar-refractivity contribution < 1.29 is 0 Å². The van der Waals surface area contributed by atoms with Crippen LogP contribution in [0.15, 0.2) is 39.7 Å². The highest BCUT2D eigenvalue weighted by Gasteiger charge is 2.25. The van der Waals surface area contributed by atoms with Crippen LogP contribution < -0.4 is 5.32 Å². The third kappa shape index (κ3) is 2.47. The Labute approximate surface area is 123 Å². The molecule has 3 nitrogen and oxygen atoms in total. The summed E-state index contributed by atoms with van der Waals surface area (Å²) >= 11 is 7.11. The zero-order valence-electron chi connectivity index (χ0n) is 9.74. The lowest BCUT2D eigenvalue weighted by Gasteiger charge is -2.12. The minimum Gasteiger partial charge on any atom is -0.378 e. The molecular weight excluding hydrogens is 358 g/mol. The molecule has 94 valence electrons. The summed E-state index contributed by atoms with van der Waals surface area (Å²) in [6, 6.07) is 6.75. The first-order valence-electron chi connectivity index (χ1n) is 5.94. The minimum absolute atomic E-state index is 0.673. The molecule has 0 aliphatic heterocycles. The Hall–Kier alpha value is -0.810. The van der Waals surface area contributed by atoms with Crippen molar-refractivity contribution in [3.63, 3.8) is 0 Å². The number of hydrogen-bond acceptors (Lipinski definition) is 2. The first-order chi connectivity index (χ1) is 8.75. The van der Waals surface area contributed by atoms with Crippen molar-refractivity contribution in [2.24, 2.45) is 0 Å². The number of rotatable bonds is 4. The van der Waals surface area contributed by atoms with Crippen molar-refractivity contribution >= 4 is 37.5 Å². The van der Waals surface area contributed by atoms with E-state index in [-0.39, 0.29) is 0 Å². The molecule has 1 aromatic heterocycles. The van der Waals surface area contributed by atoms with Crippen molar-refractivity contribution in [3.05, 3.63) is 45.4 Å². The molecule has 2 aromatic rings. The van der Waals surface area contributed by atoms with E-state index in [4.69, 9.17) is 0 Å². The zero-order valence-corrected chi connectivity index (χ0v) is 12.9. The van der Waals surface area contributed by atoms with Gasteiger partial charge in [-0.15, -0.1) is 0 Å². The van der Waals surface area contributed by atoms with Crippen LogP contribution in [0.5, 0.6) is 0 Å². The van der Waals surface area contributed by atoms with Crippen LogP contribution in [-0.4, -0.2) is 9.55 Å². The molecule has 1 N–H and O–H groups in total. The number of aromatic nitrogens is 2. The Morgan fingerprint density at radius 2 is 2.00 bits per heavy atom. The van der Waals surface area contributed by atoms with Gasteiger partial charge in [0.25, 0.3) is 0 Å². The smallest absolute Gasteiger partial charge is 0.0951 e. The molecule has 0 saturated heterocycles. The lowest BCUT2D eigenvalue weighted by atomic mass is 10.3. The Kier molecular flexibility index (Phi) is 3.43. The second kappa shape index (κ2) is 5.05. The predicted octanol–water partition coefficient (Wildman–Crippen LogP) is 4.36. The van der Waals surface area contributed by atoms with Crippen molar-refractivity contribution in [1.29, 1.82) is 0 Å². The summed E-state index contributed by atoms with van der Waals surface area (Å²) in [6.45, 7) is 0.789. The lowest BCUT2D eigenvalue weighted by Crippen LogP contribution is -2.06. The van der Waals surface area contributed by atoms with Crippen LogP contribution >= 0.6 is 31.9 Å². The summed E-state index contributed by atoms with van der Waals surface area (Å²) in [6.07, 6.45) is 6.43. The molecule has 1 heterocycles. The quantitative estimate of drug-likeness (QED) is 0.866. The van der Waals surface area contributed by atoms with Gasteiger partial charge in [0.1, 0.15) is 0 Å². The van der Waals surface area contributed by atoms with Crippen LogP contribution in [0.4, 0.5) is 5.69 Å². The maximum Gasteiger partial charge on any atom is 0.0951 e. The van der Waals surface area contributed by atoms with Crippen LogP contribution in [0.3, 0.4) is 0 Å². The number of nitrogens with zero attached hydrogens (tertiary/aromatic N) is 2. The second-order valence-corrected chi connectivity index (χ2v) is 6.18. The van der Waals surface area contributed by atoms with Crippen molar-refractivity contribution in [2.45, 2.75) is 25.4 Å². The van der Waals surface area contributed by atoms with E-state index in [0.717, 1.165) is 21.2 Å². The van der Waals surface area contributed by atoms with Gasteiger partial charge in [0.15, 0.2) is 0 Å². The summed E-state index contributed by atoms with van der Waals surface area (Å²) < 4.78 is 4.40. The molecule has 3 rings (SSSR count). The van der Waals surface area contributed by atoms with Crippen LogP contribution in [0.25, 0.3) is 0 Å². The standard InChI is InChI=1S/C13H13Br2N3/c14-11-2-1-3-12(15)13(11)17-7-10-6-16-8-18(10)9-4-5-9/h1-3,6,8-9,17H,4-5,7H2. The number of benzene rings is 1. The van der Waals surface area contributed by atoms with Gasteiger partial charge in [-0.05, 0) is 56.8 Å². The summed E-state index contributed by atoms with van der Waals surface area (Å²) in [7, 11) is 0. The largest absolute Gasteiger partial charge is 0.378 e. The van der Waals surface area contributed by atoms with Crippen LogP contribution in [0, 0.1) is 0 Å². The van der Waals surface area contributed by atoms with Crippen molar-refractivity contribution in [2.75, 3.05) is 5.32 Å². The van der Waals surface area contributed by atoms with Crippen molar-refractivity contribution in [3.8, 4) is 0 Å². The number of para-hydroxylation sites is 1. The SMILES string of the molecule is Brc1cccc(Br)c1NCc1cncn1C1CC1. The van der Waals surface area contributed by atoms with Crippen LogP contribution in [0.1, 0.15) is 24.6 Å². The van der Waals surface area contributed by atoms with Gasteiger partial charge in [-0.25, -0.2) is 4.98 Å². The Morgan fingerprint density at radius 3 is 2.67 bits per heavy atom. The Balaban J connectivity index is 1.76. The van der Waals surface area contributed by atoms with Crippen LogP contribution in [-0.2, 0) is 6.54 Å². The van der Waals surface area contributed by atoms with Gasteiger partial charge in [0.2, 0.25) is 0 Å². The van der Waals surface area contributed by atoms with Gasteiger partial charge in [-0.1, -0.05) is 6.07 Å². The van der Waals surface area contributed by atoms with Gasteiger partial charge in [0.05, 0.1) is 24.3 Å². The van der Waals surface area contributed by atoms with Gasteiger partial charge >= 0.3 is 0 Å². The molecule has 0 atom stereocenters. The average Bonchev–Trinajstić information content (AvgIpc) is 3.09. The Bertz CT molecular complexity index is 541. The number of hydrogen-bond donors (Lipinski definition) is 1. The molecule has 0 bridgehead atoms. The van der Waals surface area contributed by atoms with Crippen LogP contribution in [0.2, 0.25) is 0 Å². The molecule has 0 radical (unpaired) electrons. The fourth-order valence-corrected chi connectivity index (χ4v) is 3.27. The number of halogens is 2. The van der Waals surface area contributed by atoms with E-state index in [0.29, 0.717) is 6.04 Å². The topological polar surface area (TPSA) is 29.9 Å². The van der Waals surface area contributed by atoms with Gasteiger partial charge in [-0.3, -0.25) is 0 Å². The third-order valence-electron chi connectivity index (χ3n) is 3.10. The molecule has 0 spiro atoms. The highest BCUT2D eigenvalue weighted by molar-refractivity contribution is 9.11. The molecular formula is C13H13Br2N3. The molecule has 1 aliphatic rings. The molecule has 1 aromatic carbocycles. The van der Waals surface area contributed by atoms with E-state index in [9.17, 15) is 0 Å². The van der Waals surface area contributed by atoms with E-state index in [1.165, 1.54) is 18.5 Å². The molecule has 0 amide bonds. The van der Waals surface area contributed by atoms with E-state index in [1.54, 1.807) is 0 Å². The number of imidazole rings is 1. The number of nitrogens with one attached hydrogen (secondary N) is 1. The predicted molar refractivity (Wildman–Crippen MR) is 79.7 cm³/mol. The molecule has 1 aliphatic carbocycles. The van der Waals surface area contributed by atoms with E-state index in [1.807, 2.05) is 30.7 Å². The average molecular weight is 371 g/mol. The lowest BCUT2D eigenvalue weighted by molar-refractivity contribution is 0.701. The molecule has 1 fully saturated rings. The Morgan fingerprint density at radius 1 is 1.28 bits per heavy atom. The molecule has 18 heavy (non-hydrogen) atoms. The van der Waals surface area contributed by atoms with E-state index >= 15 is 0 Å².